The summed E-state index contributed by atoms with van der Waals surface area (Å²) in [5, 5.41) is 25.4. The van der Waals surface area contributed by atoms with E-state index in [0.29, 0.717) is 47.6 Å². The van der Waals surface area contributed by atoms with Gasteiger partial charge < -0.3 is 19.3 Å². The van der Waals surface area contributed by atoms with E-state index in [9.17, 15) is 9.59 Å². The first-order valence-corrected chi connectivity index (χ1v) is 16.9. The summed E-state index contributed by atoms with van der Waals surface area (Å²) in [4.78, 5) is 22.1. The normalized spacial score (nSPS) is 10.8. The number of alkyl halides is 2. The van der Waals surface area contributed by atoms with Crippen molar-refractivity contribution in [2.24, 2.45) is 20.5 Å². The summed E-state index contributed by atoms with van der Waals surface area (Å²) in [7, 11) is 1.35. The van der Waals surface area contributed by atoms with Crippen molar-refractivity contribution in [1.82, 2.24) is 0 Å². The molecule has 1 N–H and O–H groups in total. The van der Waals surface area contributed by atoms with Crippen LogP contribution >= 0.6 is 23.2 Å². The molecule has 4 rings (SSSR count). The highest BCUT2D eigenvalue weighted by Crippen LogP contribution is 2.23. The van der Waals surface area contributed by atoms with E-state index in [1.54, 1.807) is 36.4 Å². The number of carbonyl (C=O) groups is 2. The van der Waals surface area contributed by atoms with Gasteiger partial charge >= 0.3 is 11.9 Å². The fraction of sp³-hybridized carbons (Fsp3) is 0.297. The maximum atomic E-state index is 11.4. The molecule has 0 atom stereocenters. The lowest BCUT2D eigenvalue weighted by Gasteiger charge is -2.05. The Morgan fingerprint density at radius 1 is 0.531 bits per heavy atom. The molecule has 10 nitrogen and oxygen atoms in total. The summed E-state index contributed by atoms with van der Waals surface area (Å²) in [5.74, 6) is 1.67. The molecule has 4 aromatic carbocycles. The Labute approximate surface area is 296 Å². The standard InChI is InChI=1S/C19H21ClN2O3.C18H19ClN2O3/c1-24-19(23)15-5-7-16(8-6-15)21-22-17-9-11-18(12-10-17)25-14-4-2-3-13-20;19-12-2-1-3-13-24-17-10-8-16(9-11-17)21-20-15-6-4-14(5-7-15)18(22)23/h5-12H,2-4,13-14H2,1H3;4-11H,1-3,12-13H2,(H,22,23). The predicted octanol–water partition coefficient (Wildman–Crippen LogP) is 11.3. The Morgan fingerprint density at radius 3 is 1.20 bits per heavy atom. The number of esters is 1. The van der Waals surface area contributed by atoms with Gasteiger partial charge in [-0.15, -0.1) is 23.2 Å². The van der Waals surface area contributed by atoms with Gasteiger partial charge in [0, 0.05) is 11.8 Å². The third-order valence-corrected chi connectivity index (χ3v) is 7.27. The average molecular weight is 708 g/mol. The number of rotatable bonds is 18. The molecule has 0 unspecified atom stereocenters. The van der Waals surface area contributed by atoms with E-state index in [1.807, 2.05) is 48.5 Å². The molecule has 258 valence electrons. The molecule has 0 fully saturated rings. The average Bonchev–Trinajstić information content (AvgIpc) is 3.14. The predicted molar refractivity (Wildman–Crippen MR) is 193 cm³/mol. The minimum absolute atomic E-state index is 0.224. The number of methoxy groups -OCH3 is 1. The van der Waals surface area contributed by atoms with Crippen LogP contribution in [-0.2, 0) is 4.74 Å². The Hall–Kier alpha value is -4.80. The maximum absolute atomic E-state index is 11.4. The number of aromatic carboxylic acids is 1. The zero-order chi connectivity index (χ0) is 35.1. The van der Waals surface area contributed by atoms with Crippen LogP contribution in [0.2, 0.25) is 0 Å². The van der Waals surface area contributed by atoms with Gasteiger partial charge in [-0.25, -0.2) is 9.59 Å². The van der Waals surface area contributed by atoms with E-state index < -0.39 is 5.97 Å². The Balaban J connectivity index is 0.000000266. The van der Waals surface area contributed by atoms with Crippen LogP contribution in [0.4, 0.5) is 22.7 Å². The van der Waals surface area contributed by atoms with Gasteiger partial charge in [0.25, 0.3) is 0 Å². The number of azo groups is 2. The number of unbranched alkanes of at least 4 members (excludes halogenated alkanes) is 4. The molecule has 0 saturated carbocycles. The van der Waals surface area contributed by atoms with Crippen molar-refractivity contribution in [2.75, 3.05) is 32.1 Å². The highest BCUT2D eigenvalue weighted by molar-refractivity contribution is 6.18. The first-order valence-electron chi connectivity index (χ1n) is 15.8. The molecule has 0 saturated heterocycles. The van der Waals surface area contributed by atoms with Crippen LogP contribution in [0, 0.1) is 0 Å². The minimum atomic E-state index is -0.961. The van der Waals surface area contributed by atoms with E-state index in [1.165, 1.54) is 19.2 Å². The number of hydrogen-bond donors (Lipinski definition) is 1. The molecule has 49 heavy (non-hydrogen) atoms. The number of benzene rings is 4. The zero-order valence-electron chi connectivity index (χ0n) is 27.3. The molecule has 0 amide bonds. The van der Waals surface area contributed by atoms with Crippen LogP contribution < -0.4 is 9.47 Å². The lowest BCUT2D eigenvalue weighted by molar-refractivity contribution is 0.0599. The number of carboxylic acids is 1. The summed E-state index contributed by atoms with van der Waals surface area (Å²) >= 11 is 11.3. The quantitative estimate of drug-likeness (QED) is 0.0474. The molecule has 4 aromatic rings. The Morgan fingerprint density at radius 2 is 0.878 bits per heavy atom. The topological polar surface area (TPSA) is 132 Å². The second kappa shape index (κ2) is 22.7. The summed E-state index contributed by atoms with van der Waals surface area (Å²) in [5.41, 5.74) is 3.39. The second-order valence-corrected chi connectivity index (χ2v) is 11.2. The first kappa shape index (κ1) is 38.6. The fourth-order valence-corrected chi connectivity index (χ4v) is 4.41. The van der Waals surface area contributed by atoms with Gasteiger partial charge in [-0.1, -0.05) is 0 Å². The largest absolute Gasteiger partial charge is 0.494 e. The molecule has 0 radical (unpaired) electrons. The number of hydrogen-bond acceptors (Lipinski definition) is 9. The summed E-state index contributed by atoms with van der Waals surface area (Å²) in [6.45, 7) is 1.36. The lowest BCUT2D eigenvalue weighted by Crippen LogP contribution is -1.99. The summed E-state index contributed by atoms with van der Waals surface area (Å²) in [6.07, 6.45) is 6.15. The molecule has 0 bridgehead atoms. The SMILES string of the molecule is COC(=O)c1ccc(N=Nc2ccc(OCCCCCCl)cc2)cc1.O=C(O)c1ccc(N=Nc2ccc(OCCCCCCl)cc2)cc1. The molecule has 0 aliphatic heterocycles. The van der Waals surface area contributed by atoms with Gasteiger partial charge in [-0.2, -0.15) is 20.5 Å². The van der Waals surface area contributed by atoms with Crippen LogP contribution in [0.15, 0.2) is 118 Å². The van der Waals surface area contributed by atoms with Gasteiger partial charge in [0.1, 0.15) is 11.5 Å². The van der Waals surface area contributed by atoms with E-state index in [4.69, 9.17) is 37.8 Å². The lowest BCUT2D eigenvalue weighted by atomic mass is 10.2. The van der Waals surface area contributed by atoms with Gasteiger partial charge in [-0.05, 0) is 136 Å². The van der Waals surface area contributed by atoms with Crippen LogP contribution in [0.1, 0.15) is 59.2 Å². The van der Waals surface area contributed by atoms with Crippen molar-refractivity contribution in [3.05, 3.63) is 108 Å². The van der Waals surface area contributed by atoms with Gasteiger partial charge in [0.2, 0.25) is 0 Å². The molecule has 12 heteroatoms. The van der Waals surface area contributed by atoms with Crippen molar-refractivity contribution in [3.8, 4) is 11.5 Å². The van der Waals surface area contributed by atoms with Crippen molar-refractivity contribution in [2.45, 2.75) is 38.5 Å². The highest BCUT2D eigenvalue weighted by atomic mass is 35.5. The molecule has 0 aliphatic rings. The molecular formula is C37H40Cl2N4O6. The van der Waals surface area contributed by atoms with Gasteiger partial charge in [0.15, 0.2) is 0 Å². The molecule has 0 heterocycles. The van der Waals surface area contributed by atoms with E-state index in [-0.39, 0.29) is 11.5 Å². The number of carbonyl (C=O) groups excluding carboxylic acids is 1. The van der Waals surface area contributed by atoms with E-state index in [0.717, 1.165) is 55.7 Å². The number of ether oxygens (including phenoxy) is 3. The smallest absolute Gasteiger partial charge is 0.337 e. The molecular weight excluding hydrogens is 667 g/mol. The number of nitrogens with zero attached hydrogens (tertiary/aromatic N) is 4. The summed E-state index contributed by atoms with van der Waals surface area (Å²) < 4.78 is 15.9. The third kappa shape index (κ3) is 15.3. The minimum Gasteiger partial charge on any atom is -0.494 e. The van der Waals surface area contributed by atoms with Gasteiger partial charge in [0.05, 0.1) is 54.2 Å². The number of carboxylic acid groups (broad SMARTS) is 1. The first-order chi connectivity index (χ1) is 23.9. The molecule has 0 aromatic heterocycles. The molecule has 0 spiro atoms. The monoisotopic (exact) mass is 706 g/mol. The van der Waals surface area contributed by atoms with Crippen molar-refractivity contribution in [3.63, 3.8) is 0 Å². The van der Waals surface area contributed by atoms with E-state index in [2.05, 4.69) is 25.2 Å². The van der Waals surface area contributed by atoms with Crippen LogP contribution in [0.5, 0.6) is 11.5 Å². The van der Waals surface area contributed by atoms with Crippen LogP contribution in [0.25, 0.3) is 0 Å². The van der Waals surface area contributed by atoms with Gasteiger partial charge in [-0.3, -0.25) is 0 Å². The molecule has 0 aliphatic carbocycles. The summed E-state index contributed by atoms with van der Waals surface area (Å²) in [6, 6.07) is 27.8. The Kier molecular flexibility index (Phi) is 17.9. The van der Waals surface area contributed by atoms with Crippen LogP contribution in [-0.4, -0.2) is 49.1 Å². The maximum Gasteiger partial charge on any atom is 0.337 e. The van der Waals surface area contributed by atoms with Crippen LogP contribution in [0.3, 0.4) is 0 Å². The van der Waals surface area contributed by atoms with Crippen molar-refractivity contribution < 1.29 is 28.9 Å². The third-order valence-electron chi connectivity index (χ3n) is 6.73. The Bertz CT molecular complexity index is 1600. The zero-order valence-corrected chi connectivity index (χ0v) is 28.9. The highest BCUT2D eigenvalue weighted by Gasteiger charge is 2.04. The fourth-order valence-electron chi connectivity index (χ4n) is 4.03. The van der Waals surface area contributed by atoms with Crippen molar-refractivity contribution >= 4 is 57.9 Å². The van der Waals surface area contributed by atoms with Crippen molar-refractivity contribution in [1.29, 1.82) is 0 Å². The number of halogens is 2. The second-order valence-electron chi connectivity index (χ2n) is 10.5. The van der Waals surface area contributed by atoms with E-state index >= 15 is 0 Å².